The maximum absolute atomic E-state index is 9.68. The molecule has 1 rings (SSSR count). The van der Waals surface area contributed by atoms with Crippen LogP contribution in [-0.2, 0) is 0 Å². The number of hydrogen-bond acceptors (Lipinski definition) is 6. The van der Waals surface area contributed by atoms with Gasteiger partial charge in [-0.3, -0.25) is 0 Å². The van der Waals surface area contributed by atoms with Gasteiger partial charge in [-0.1, -0.05) is 16.7 Å². The van der Waals surface area contributed by atoms with Crippen molar-refractivity contribution >= 4 is 17.4 Å². The Morgan fingerprint density at radius 3 is 2.88 bits per heavy atom. The SMILES string of the molecule is [N-]=[N+]=NCC(O)C(O)c1cc(Cl)nnc1N. The normalized spacial score (nSPS) is 13.9. The van der Waals surface area contributed by atoms with E-state index in [1.54, 1.807) is 0 Å². The minimum atomic E-state index is -1.33. The van der Waals surface area contributed by atoms with E-state index in [4.69, 9.17) is 22.9 Å². The molecule has 0 aliphatic heterocycles. The van der Waals surface area contributed by atoms with Gasteiger partial charge in [0, 0.05) is 10.5 Å². The number of hydrogen-bond donors (Lipinski definition) is 3. The number of halogens is 1. The van der Waals surface area contributed by atoms with Crippen molar-refractivity contribution in [3.05, 3.63) is 27.2 Å². The van der Waals surface area contributed by atoms with Crippen LogP contribution < -0.4 is 5.73 Å². The molecule has 4 N–H and O–H groups in total. The van der Waals surface area contributed by atoms with Gasteiger partial charge in [-0.2, -0.15) is 0 Å². The zero-order valence-corrected chi connectivity index (χ0v) is 8.78. The van der Waals surface area contributed by atoms with Crippen LogP contribution in [-0.4, -0.2) is 33.1 Å². The van der Waals surface area contributed by atoms with Gasteiger partial charge in [-0.05, 0) is 11.6 Å². The Morgan fingerprint density at radius 2 is 2.25 bits per heavy atom. The highest BCUT2D eigenvalue weighted by atomic mass is 35.5. The molecule has 0 spiro atoms. The third-order valence-electron chi connectivity index (χ3n) is 1.84. The molecule has 2 unspecified atom stereocenters. The van der Waals surface area contributed by atoms with E-state index in [1.165, 1.54) is 6.07 Å². The van der Waals surface area contributed by atoms with Gasteiger partial charge >= 0.3 is 0 Å². The van der Waals surface area contributed by atoms with E-state index < -0.39 is 12.2 Å². The maximum Gasteiger partial charge on any atom is 0.152 e. The predicted octanol–water partition coefficient (Wildman–Crippen LogP) is 0.417. The van der Waals surface area contributed by atoms with Crippen LogP contribution in [0.3, 0.4) is 0 Å². The summed E-state index contributed by atoms with van der Waals surface area (Å²) in [6.45, 7) is -0.281. The number of nitrogen functional groups attached to an aromatic ring is 1. The summed E-state index contributed by atoms with van der Waals surface area (Å²) < 4.78 is 0. The quantitative estimate of drug-likeness (QED) is 0.400. The summed E-state index contributed by atoms with van der Waals surface area (Å²) in [5.74, 6) is -0.0445. The number of aliphatic hydroxyl groups excluding tert-OH is 2. The molecule has 0 saturated heterocycles. The number of azide groups is 1. The Hall–Kier alpha value is -1.60. The highest BCUT2D eigenvalue weighted by Gasteiger charge is 2.21. The van der Waals surface area contributed by atoms with Crippen molar-refractivity contribution in [1.29, 1.82) is 0 Å². The standard InChI is InChI=1S/C7H9ClN6O2/c8-5-1-3(7(9)13-12-5)6(16)4(15)2-11-14-10/h1,4,6,15-16H,2H2,(H2,9,13). The van der Waals surface area contributed by atoms with Crippen LogP contribution in [0.15, 0.2) is 11.2 Å². The number of nitrogens with zero attached hydrogens (tertiary/aromatic N) is 5. The third-order valence-corrected chi connectivity index (χ3v) is 2.02. The number of rotatable bonds is 4. The molecule has 2 atom stereocenters. The lowest BCUT2D eigenvalue weighted by atomic mass is 10.1. The van der Waals surface area contributed by atoms with Crippen molar-refractivity contribution in [1.82, 2.24) is 10.2 Å². The van der Waals surface area contributed by atoms with Crippen LogP contribution in [0.4, 0.5) is 5.82 Å². The Bertz CT molecular complexity index is 421. The molecule has 1 aromatic heterocycles. The van der Waals surface area contributed by atoms with Crippen molar-refractivity contribution in [2.45, 2.75) is 12.2 Å². The van der Waals surface area contributed by atoms with Crippen LogP contribution in [0, 0.1) is 0 Å². The Balaban J connectivity index is 2.90. The molecular weight excluding hydrogens is 236 g/mol. The number of nitrogens with two attached hydrogens (primary N) is 1. The van der Waals surface area contributed by atoms with E-state index in [2.05, 4.69) is 20.2 Å². The first-order valence-corrected chi connectivity index (χ1v) is 4.59. The number of aliphatic hydroxyl groups is 2. The Labute approximate surface area is 95.3 Å². The van der Waals surface area contributed by atoms with E-state index in [1.807, 2.05) is 0 Å². The largest absolute Gasteiger partial charge is 0.390 e. The number of aromatic nitrogens is 2. The first-order chi connectivity index (χ1) is 7.56. The van der Waals surface area contributed by atoms with Gasteiger partial charge < -0.3 is 15.9 Å². The summed E-state index contributed by atoms with van der Waals surface area (Å²) in [6, 6.07) is 1.29. The molecule has 1 heterocycles. The molecule has 86 valence electrons. The van der Waals surface area contributed by atoms with Gasteiger partial charge in [0.2, 0.25) is 0 Å². The molecule has 0 bridgehead atoms. The van der Waals surface area contributed by atoms with Crippen LogP contribution in [0.1, 0.15) is 11.7 Å². The van der Waals surface area contributed by atoms with E-state index in [0.29, 0.717) is 0 Å². The van der Waals surface area contributed by atoms with Gasteiger partial charge in [-0.25, -0.2) is 0 Å². The lowest BCUT2D eigenvalue weighted by Gasteiger charge is -2.16. The molecule has 9 heteroatoms. The van der Waals surface area contributed by atoms with E-state index in [0.717, 1.165) is 0 Å². The second-order valence-electron chi connectivity index (χ2n) is 2.93. The van der Waals surface area contributed by atoms with Crippen molar-refractivity contribution < 1.29 is 10.2 Å². The summed E-state index contributed by atoms with van der Waals surface area (Å²) in [5.41, 5.74) is 13.7. The van der Waals surface area contributed by atoms with E-state index >= 15 is 0 Å². The number of anilines is 1. The highest BCUT2D eigenvalue weighted by molar-refractivity contribution is 6.29. The summed E-state index contributed by atoms with van der Waals surface area (Å²) >= 11 is 5.57. The van der Waals surface area contributed by atoms with Crippen molar-refractivity contribution in [2.24, 2.45) is 5.11 Å². The zero-order chi connectivity index (χ0) is 12.1. The zero-order valence-electron chi connectivity index (χ0n) is 8.02. The van der Waals surface area contributed by atoms with Gasteiger partial charge in [0.05, 0.1) is 12.6 Å². The minimum absolute atomic E-state index is 0.0410. The predicted molar refractivity (Wildman–Crippen MR) is 56.4 cm³/mol. The molecule has 8 nitrogen and oxygen atoms in total. The second kappa shape index (κ2) is 5.47. The molecule has 0 amide bonds. The van der Waals surface area contributed by atoms with E-state index in [-0.39, 0.29) is 23.1 Å². The van der Waals surface area contributed by atoms with Crippen LogP contribution in [0.25, 0.3) is 10.4 Å². The molecule has 1 aromatic rings. The smallest absolute Gasteiger partial charge is 0.152 e. The first-order valence-electron chi connectivity index (χ1n) is 4.22. The van der Waals surface area contributed by atoms with Crippen molar-refractivity contribution in [3.63, 3.8) is 0 Å². The third kappa shape index (κ3) is 2.94. The summed E-state index contributed by atoms with van der Waals surface area (Å²) in [7, 11) is 0. The van der Waals surface area contributed by atoms with Crippen LogP contribution in [0.2, 0.25) is 5.15 Å². The van der Waals surface area contributed by atoms with Gasteiger partial charge in [0.15, 0.2) is 11.0 Å². The first kappa shape index (κ1) is 12.5. The highest BCUT2D eigenvalue weighted by Crippen LogP contribution is 2.23. The molecule has 0 saturated carbocycles. The molecule has 0 radical (unpaired) electrons. The van der Waals surface area contributed by atoms with Crippen LogP contribution >= 0.6 is 11.6 Å². The molecule has 16 heavy (non-hydrogen) atoms. The molecular formula is C7H9ClN6O2. The van der Waals surface area contributed by atoms with Crippen LogP contribution in [0.5, 0.6) is 0 Å². The second-order valence-corrected chi connectivity index (χ2v) is 3.32. The Morgan fingerprint density at radius 1 is 1.56 bits per heavy atom. The minimum Gasteiger partial charge on any atom is -0.390 e. The maximum atomic E-state index is 9.68. The van der Waals surface area contributed by atoms with Gasteiger partial charge in [0.1, 0.15) is 6.10 Å². The van der Waals surface area contributed by atoms with Crippen molar-refractivity contribution in [3.8, 4) is 0 Å². The van der Waals surface area contributed by atoms with Gasteiger partial charge in [0.25, 0.3) is 0 Å². The van der Waals surface area contributed by atoms with Crippen molar-refractivity contribution in [2.75, 3.05) is 12.3 Å². The monoisotopic (exact) mass is 244 g/mol. The van der Waals surface area contributed by atoms with E-state index in [9.17, 15) is 10.2 Å². The fraction of sp³-hybridized carbons (Fsp3) is 0.429. The topological polar surface area (TPSA) is 141 Å². The summed E-state index contributed by atoms with van der Waals surface area (Å²) in [6.07, 6.45) is -2.61. The summed E-state index contributed by atoms with van der Waals surface area (Å²) in [5, 5.41) is 29.3. The molecule has 0 aliphatic carbocycles. The molecule has 0 fully saturated rings. The fourth-order valence-corrected chi connectivity index (χ4v) is 1.21. The fourth-order valence-electron chi connectivity index (χ4n) is 1.05. The molecule has 0 aliphatic rings. The summed E-state index contributed by atoms with van der Waals surface area (Å²) in [4.78, 5) is 2.46. The lowest BCUT2D eigenvalue weighted by molar-refractivity contribution is 0.0246. The Kier molecular flexibility index (Phi) is 4.27. The van der Waals surface area contributed by atoms with Gasteiger partial charge in [-0.15, -0.1) is 10.2 Å². The lowest BCUT2D eigenvalue weighted by Crippen LogP contribution is -2.22. The average Bonchev–Trinajstić information content (AvgIpc) is 2.28. The average molecular weight is 245 g/mol. The molecule has 0 aromatic carbocycles.